The van der Waals surface area contributed by atoms with Crippen molar-refractivity contribution in [3.8, 4) is 0 Å². The van der Waals surface area contributed by atoms with E-state index in [0.717, 1.165) is 19.3 Å². The lowest BCUT2D eigenvalue weighted by Crippen LogP contribution is -2.43. The number of carboxylic acids is 1. The van der Waals surface area contributed by atoms with Gasteiger partial charge in [-0.3, -0.25) is 9.48 Å². The number of hydrogen-bond donors (Lipinski definition) is 3. The Labute approximate surface area is 115 Å². The van der Waals surface area contributed by atoms with E-state index in [1.54, 1.807) is 0 Å². The molecule has 8 heteroatoms. The number of amides is 2. The maximum absolute atomic E-state index is 11.8. The predicted molar refractivity (Wildman–Crippen MR) is 68.3 cm³/mol. The highest BCUT2D eigenvalue weighted by Gasteiger charge is 2.41. The first kappa shape index (κ1) is 12.9. The number of carboxylic acid groups (broad SMARTS) is 1. The van der Waals surface area contributed by atoms with Crippen LogP contribution in [0.5, 0.6) is 0 Å². The second-order valence-electron chi connectivity index (χ2n) is 5.13. The van der Waals surface area contributed by atoms with Crippen molar-refractivity contribution in [2.45, 2.75) is 44.1 Å². The zero-order valence-corrected chi connectivity index (χ0v) is 10.8. The van der Waals surface area contributed by atoms with Gasteiger partial charge >= 0.3 is 12.0 Å². The Balaban J connectivity index is 1.51. The number of carbonyl (C=O) groups is 2. The van der Waals surface area contributed by atoms with E-state index in [1.165, 1.54) is 17.1 Å². The summed E-state index contributed by atoms with van der Waals surface area (Å²) < 4.78 is 6.91. The zero-order chi connectivity index (χ0) is 14.1. The molecular weight excluding hydrogens is 264 g/mol. The first-order chi connectivity index (χ1) is 9.60. The monoisotopic (exact) mass is 280 g/mol. The van der Waals surface area contributed by atoms with Gasteiger partial charge in [0.1, 0.15) is 6.54 Å². The maximum atomic E-state index is 11.8. The van der Waals surface area contributed by atoms with Crippen molar-refractivity contribution in [3.05, 3.63) is 12.4 Å². The quantitative estimate of drug-likeness (QED) is 0.740. The van der Waals surface area contributed by atoms with Gasteiger partial charge in [0.05, 0.1) is 30.1 Å². The van der Waals surface area contributed by atoms with Crippen LogP contribution in [0.1, 0.15) is 19.3 Å². The number of aromatic nitrogens is 2. The highest BCUT2D eigenvalue weighted by atomic mass is 16.5. The molecule has 2 amide bonds. The lowest BCUT2D eigenvalue weighted by atomic mass is 9.96. The molecule has 1 aromatic rings. The number of carbonyl (C=O) groups excluding carboxylic acids is 1. The molecule has 3 heterocycles. The Kier molecular flexibility index (Phi) is 3.31. The summed E-state index contributed by atoms with van der Waals surface area (Å²) in [4.78, 5) is 22.4. The molecule has 0 aromatic carbocycles. The third kappa shape index (κ3) is 2.74. The van der Waals surface area contributed by atoms with Crippen LogP contribution in [0.25, 0.3) is 0 Å². The molecule has 3 N–H and O–H groups in total. The van der Waals surface area contributed by atoms with E-state index in [9.17, 15) is 9.59 Å². The van der Waals surface area contributed by atoms with Gasteiger partial charge in [-0.05, 0) is 19.3 Å². The smallest absolute Gasteiger partial charge is 0.325 e. The van der Waals surface area contributed by atoms with Gasteiger partial charge in [0.15, 0.2) is 0 Å². The SMILES string of the molecule is O=C(O)Cn1cc(NC(=O)NC2CC3CCC2O3)cn1. The minimum atomic E-state index is -0.983. The van der Waals surface area contributed by atoms with Crippen LogP contribution in [0, 0.1) is 0 Å². The number of aliphatic carboxylic acids is 1. The van der Waals surface area contributed by atoms with E-state index in [-0.39, 0.29) is 30.8 Å². The molecule has 0 saturated carbocycles. The van der Waals surface area contributed by atoms with Crippen LogP contribution in [-0.4, -0.2) is 45.1 Å². The van der Waals surface area contributed by atoms with Crippen LogP contribution in [0.3, 0.4) is 0 Å². The minimum Gasteiger partial charge on any atom is -0.480 e. The molecule has 2 aliphatic rings. The summed E-state index contributed by atoms with van der Waals surface area (Å²) in [5.74, 6) is -0.983. The molecule has 2 aliphatic heterocycles. The van der Waals surface area contributed by atoms with E-state index in [2.05, 4.69) is 15.7 Å². The van der Waals surface area contributed by atoms with Crippen LogP contribution < -0.4 is 10.6 Å². The Hall–Kier alpha value is -2.09. The Morgan fingerprint density at radius 1 is 1.50 bits per heavy atom. The number of nitrogens with one attached hydrogen (secondary N) is 2. The van der Waals surface area contributed by atoms with Gasteiger partial charge < -0.3 is 20.5 Å². The van der Waals surface area contributed by atoms with Crippen LogP contribution in [-0.2, 0) is 16.1 Å². The second kappa shape index (κ2) is 5.12. The van der Waals surface area contributed by atoms with Gasteiger partial charge in [0, 0.05) is 6.20 Å². The van der Waals surface area contributed by atoms with Crippen molar-refractivity contribution in [1.82, 2.24) is 15.1 Å². The topological polar surface area (TPSA) is 105 Å². The van der Waals surface area contributed by atoms with Crippen LogP contribution in [0.4, 0.5) is 10.5 Å². The number of urea groups is 1. The summed E-state index contributed by atoms with van der Waals surface area (Å²) in [6.07, 6.45) is 6.23. The molecule has 8 nitrogen and oxygen atoms in total. The lowest BCUT2D eigenvalue weighted by Gasteiger charge is -2.19. The summed E-state index contributed by atoms with van der Waals surface area (Å²) in [6, 6.07) is -0.260. The largest absolute Gasteiger partial charge is 0.480 e. The summed E-state index contributed by atoms with van der Waals surface area (Å²) in [5.41, 5.74) is 0.466. The van der Waals surface area contributed by atoms with Gasteiger partial charge in [0.2, 0.25) is 0 Å². The van der Waals surface area contributed by atoms with Crippen LogP contribution in [0.15, 0.2) is 12.4 Å². The zero-order valence-electron chi connectivity index (χ0n) is 10.8. The Morgan fingerprint density at radius 2 is 2.35 bits per heavy atom. The predicted octanol–water partition coefficient (Wildman–Crippen LogP) is 0.409. The fourth-order valence-corrected chi connectivity index (χ4v) is 2.78. The normalized spacial score (nSPS) is 27.5. The number of anilines is 1. The molecule has 108 valence electrons. The second-order valence-corrected chi connectivity index (χ2v) is 5.13. The first-order valence-electron chi connectivity index (χ1n) is 6.57. The fourth-order valence-electron chi connectivity index (χ4n) is 2.78. The van der Waals surface area contributed by atoms with Gasteiger partial charge in [0.25, 0.3) is 0 Å². The van der Waals surface area contributed by atoms with Crippen LogP contribution in [0.2, 0.25) is 0 Å². The van der Waals surface area contributed by atoms with Crippen molar-refractivity contribution in [1.29, 1.82) is 0 Å². The number of rotatable bonds is 4. The molecule has 1 aromatic heterocycles. The molecule has 0 spiro atoms. The molecule has 20 heavy (non-hydrogen) atoms. The standard InChI is InChI=1S/C12H16N4O4/c17-11(18)6-16-5-7(4-13-16)14-12(19)15-9-3-8-1-2-10(9)20-8/h4-5,8-10H,1-3,6H2,(H,17,18)(H2,14,15,19). The third-order valence-corrected chi connectivity index (χ3v) is 3.61. The van der Waals surface area contributed by atoms with E-state index in [0.29, 0.717) is 5.69 Å². The van der Waals surface area contributed by atoms with E-state index >= 15 is 0 Å². The number of nitrogens with zero attached hydrogens (tertiary/aromatic N) is 2. The van der Waals surface area contributed by atoms with E-state index in [4.69, 9.17) is 9.84 Å². The van der Waals surface area contributed by atoms with Crippen molar-refractivity contribution < 1.29 is 19.4 Å². The van der Waals surface area contributed by atoms with Crippen LogP contribution >= 0.6 is 0 Å². The van der Waals surface area contributed by atoms with Crippen molar-refractivity contribution in [2.24, 2.45) is 0 Å². The maximum Gasteiger partial charge on any atom is 0.325 e. The van der Waals surface area contributed by atoms with Gasteiger partial charge in [-0.1, -0.05) is 0 Å². The van der Waals surface area contributed by atoms with E-state index in [1.807, 2.05) is 0 Å². The Bertz CT molecular complexity index is 529. The average Bonchev–Trinajstić information content (AvgIpc) is 3.05. The third-order valence-electron chi connectivity index (χ3n) is 3.61. The minimum absolute atomic E-state index is 0.0582. The molecule has 3 unspecified atom stereocenters. The van der Waals surface area contributed by atoms with Crippen molar-refractivity contribution >= 4 is 17.7 Å². The number of ether oxygens (including phenoxy) is 1. The Morgan fingerprint density at radius 3 is 3.00 bits per heavy atom. The molecule has 2 fully saturated rings. The van der Waals surface area contributed by atoms with Crippen molar-refractivity contribution in [2.75, 3.05) is 5.32 Å². The molecule has 0 aliphatic carbocycles. The highest BCUT2D eigenvalue weighted by Crippen LogP contribution is 2.34. The molecule has 0 radical (unpaired) electrons. The highest BCUT2D eigenvalue weighted by molar-refractivity contribution is 5.89. The number of fused-ring (bicyclic) bond motifs is 2. The molecule has 3 atom stereocenters. The average molecular weight is 280 g/mol. The lowest BCUT2D eigenvalue weighted by molar-refractivity contribution is -0.137. The molecule has 2 saturated heterocycles. The molecular formula is C12H16N4O4. The van der Waals surface area contributed by atoms with Gasteiger partial charge in [-0.15, -0.1) is 0 Å². The van der Waals surface area contributed by atoms with Crippen molar-refractivity contribution in [3.63, 3.8) is 0 Å². The summed E-state index contributed by atoms with van der Waals surface area (Å²) >= 11 is 0. The van der Waals surface area contributed by atoms with Gasteiger partial charge in [-0.2, -0.15) is 5.10 Å². The number of hydrogen-bond acceptors (Lipinski definition) is 4. The summed E-state index contributed by atoms with van der Waals surface area (Å²) in [6.45, 7) is -0.233. The van der Waals surface area contributed by atoms with Gasteiger partial charge in [-0.25, -0.2) is 4.79 Å². The summed E-state index contributed by atoms with van der Waals surface area (Å²) in [5, 5.41) is 18.0. The summed E-state index contributed by atoms with van der Waals surface area (Å²) in [7, 11) is 0. The van der Waals surface area contributed by atoms with E-state index < -0.39 is 5.97 Å². The molecule has 2 bridgehead atoms. The molecule has 3 rings (SSSR count). The first-order valence-corrected chi connectivity index (χ1v) is 6.57. The fraction of sp³-hybridized carbons (Fsp3) is 0.583.